The van der Waals surface area contributed by atoms with E-state index >= 15 is 0 Å². The van der Waals surface area contributed by atoms with Crippen molar-refractivity contribution in [3.05, 3.63) is 72.3 Å². The van der Waals surface area contributed by atoms with Gasteiger partial charge in [-0.15, -0.1) is 0 Å². The van der Waals surface area contributed by atoms with E-state index in [1.54, 1.807) is 60.5 Å². The van der Waals surface area contributed by atoms with E-state index in [1.165, 1.54) is 0 Å². The molecule has 0 aliphatic carbocycles. The second kappa shape index (κ2) is 11.1. The fourth-order valence-electron chi connectivity index (χ4n) is 4.26. The number of hydrogen-bond donors (Lipinski definition) is 2. The van der Waals surface area contributed by atoms with Gasteiger partial charge in [0.15, 0.2) is 18.1 Å². The van der Waals surface area contributed by atoms with Crippen molar-refractivity contribution in [1.29, 1.82) is 0 Å². The maximum Gasteiger partial charge on any atom is 0.262 e. The van der Waals surface area contributed by atoms with Gasteiger partial charge >= 0.3 is 0 Å². The topological polar surface area (TPSA) is 115 Å². The van der Waals surface area contributed by atoms with Crippen molar-refractivity contribution in [3.63, 3.8) is 0 Å². The maximum absolute atomic E-state index is 12.7. The summed E-state index contributed by atoms with van der Waals surface area (Å²) < 4.78 is 21.3. The summed E-state index contributed by atoms with van der Waals surface area (Å²) in [6.07, 6.45) is 0.136. The predicted octanol–water partition coefficient (Wildman–Crippen LogP) is 3.11. The van der Waals surface area contributed by atoms with Gasteiger partial charge in [-0.3, -0.25) is 14.4 Å². The molecule has 196 valence electrons. The maximum atomic E-state index is 12.7. The van der Waals surface area contributed by atoms with Crippen LogP contribution in [0.1, 0.15) is 12.0 Å². The zero-order chi connectivity index (χ0) is 26.5. The number of methoxy groups -OCH3 is 1. The molecule has 0 bridgehead atoms. The summed E-state index contributed by atoms with van der Waals surface area (Å²) in [7, 11) is 1.57. The fourth-order valence-corrected chi connectivity index (χ4v) is 4.26. The minimum Gasteiger partial charge on any atom is -0.497 e. The van der Waals surface area contributed by atoms with Gasteiger partial charge in [-0.05, 0) is 66.2 Å². The molecule has 38 heavy (non-hydrogen) atoms. The lowest BCUT2D eigenvalue weighted by Crippen LogP contribution is -2.32. The van der Waals surface area contributed by atoms with Gasteiger partial charge in [0.25, 0.3) is 5.91 Å². The Morgan fingerprint density at radius 3 is 2.47 bits per heavy atom. The predicted molar refractivity (Wildman–Crippen MR) is 138 cm³/mol. The first-order valence-corrected chi connectivity index (χ1v) is 12.1. The molecular formula is C28H27N3O7. The van der Waals surface area contributed by atoms with Crippen molar-refractivity contribution in [2.24, 2.45) is 5.92 Å². The first-order valence-electron chi connectivity index (χ1n) is 12.1. The van der Waals surface area contributed by atoms with Crippen molar-refractivity contribution >= 4 is 29.1 Å². The molecule has 0 saturated carbocycles. The van der Waals surface area contributed by atoms with Crippen LogP contribution in [0.3, 0.4) is 0 Å². The third-order valence-electron chi connectivity index (χ3n) is 6.29. The van der Waals surface area contributed by atoms with Crippen LogP contribution in [0.4, 0.5) is 11.4 Å². The monoisotopic (exact) mass is 517 g/mol. The Bertz CT molecular complexity index is 1330. The molecule has 2 N–H and O–H groups in total. The highest BCUT2D eigenvalue weighted by atomic mass is 16.7. The van der Waals surface area contributed by atoms with Crippen LogP contribution in [0.5, 0.6) is 23.0 Å². The highest BCUT2D eigenvalue weighted by molar-refractivity contribution is 6.00. The van der Waals surface area contributed by atoms with Crippen LogP contribution in [0, 0.1) is 5.92 Å². The first kappa shape index (κ1) is 24.9. The van der Waals surface area contributed by atoms with Crippen LogP contribution in [0.15, 0.2) is 66.7 Å². The molecule has 3 amide bonds. The van der Waals surface area contributed by atoms with Gasteiger partial charge in [0.1, 0.15) is 11.5 Å². The standard InChI is InChI=1S/C28H27N3O7/c1-35-22-7-3-20(4-8-22)30-26(32)16-36-23-9-5-21(6-10-23)31-15-19(13-27(31)33)28(34)29-14-18-2-11-24-25(12-18)38-17-37-24/h2-12,19H,13-17H2,1H3,(H,29,34)(H,30,32)/t19-/m1/s1. The van der Waals surface area contributed by atoms with Gasteiger partial charge in [0, 0.05) is 30.9 Å². The van der Waals surface area contributed by atoms with Crippen LogP contribution in [0.25, 0.3) is 0 Å². The van der Waals surface area contributed by atoms with Crippen molar-refractivity contribution in [3.8, 4) is 23.0 Å². The number of amides is 3. The summed E-state index contributed by atoms with van der Waals surface area (Å²) in [6.45, 7) is 0.645. The largest absolute Gasteiger partial charge is 0.497 e. The number of rotatable bonds is 9. The van der Waals surface area contributed by atoms with Crippen molar-refractivity contribution in [2.45, 2.75) is 13.0 Å². The Kier molecular flexibility index (Phi) is 7.30. The molecule has 10 heteroatoms. The summed E-state index contributed by atoms with van der Waals surface area (Å²) in [5, 5.41) is 5.66. The van der Waals surface area contributed by atoms with Gasteiger partial charge in [-0.2, -0.15) is 0 Å². The lowest BCUT2D eigenvalue weighted by atomic mass is 10.1. The van der Waals surface area contributed by atoms with E-state index in [0.717, 1.165) is 5.56 Å². The van der Waals surface area contributed by atoms with Crippen LogP contribution < -0.4 is 34.5 Å². The number of nitrogens with one attached hydrogen (secondary N) is 2. The van der Waals surface area contributed by atoms with Crippen molar-refractivity contribution in [1.82, 2.24) is 5.32 Å². The Morgan fingerprint density at radius 2 is 1.71 bits per heavy atom. The third kappa shape index (κ3) is 5.80. The smallest absolute Gasteiger partial charge is 0.262 e. The molecule has 1 fully saturated rings. The lowest BCUT2D eigenvalue weighted by molar-refractivity contribution is -0.126. The van der Waals surface area contributed by atoms with E-state index in [-0.39, 0.29) is 44.1 Å². The number of nitrogens with zero attached hydrogens (tertiary/aromatic N) is 1. The van der Waals surface area contributed by atoms with Crippen LogP contribution in [-0.4, -0.2) is 44.8 Å². The summed E-state index contributed by atoms with van der Waals surface area (Å²) >= 11 is 0. The quantitative estimate of drug-likeness (QED) is 0.448. The zero-order valence-corrected chi connectivity index (χ0v) is 20.8. The molecular weight excluding hydrogens is 490 g/mol. The van der Waals surface area contributed by atoms with Crippen molar-refractivity contribution in [2.75, 3.05) is 37.3 Å². The van der Waals surface area contributed by atoms with Crippen LogP contribution >= 0.6 is 0 Å². The molecule has 0 aromatic heterocycles. The van der Waals surface area contributed by atoms with Gasteiger partial charge in [-0.25, -0.2) is 0 Å². The molecule has 1 saturated heterocycles. The van der Waals surface area contributed by atoms with E-state index in [0.29, 0.717) is 40.9 Å². The van der Waals surface area contributed by atoms with Gasteiger partial charge in [-0.1, -0.05) is 6.07 Å². The number of carbonyl (C=O) groups is 3. The molecule has 3 aromatic rings. The number of benzene rings is 3. The molecule has 2 heterocycles. The summed E-state index contributed by atoms with van der Waals surface area (Å²) in [6, 6.07) is 19.4. The minimum absolute atomic E-state index is 0.124. The van der Waals surface area contributed by atoms with Crippen LogP contribution in [0.2, 0.25) is 0 Å². The number of fused-ring (bicyclic) bond motifs is 1. The minimum atomic E-state index is -0.450. The zero-order valence-electron chi connectivity index (χ0n) is 20.8. The number of hydrogen-bond acceptors (Lipinski definition) is 7. The van der Waals surface area contributed by atoms with Gasteiger partial charge in [0.05, 0.1) is 13.0 Å². The number of anilines is 2. The number of carbonyl (C=O) groups excluding carboxylic acids is 3. The normalized spacial score (nSPS) is 15.8. The average Bonchev–Trinajstić information content (AvgIpc) is 3.57. The molecule has 2 aliphatic heterocycles. The molecule has 10 nitrogen and oxygen atoms in total. The molecule has 0 radical (unpaired) electrons. The lowest BCUT2D eigenvalue weighted by Gasteiger charge is -2.17. The van der Waals surface area contributed by atoms with E-state index in [9.17, 15) is 14.4 Å². The number of ether oxygens (including phenoxy) is 4. The second-order valence-electron chi connectivity index (χ2n) is 8.87. The third-order valence-corrected chi connectivity index (χ3v) is 6.29. The molecule has 0 unspecified atom stereocenters. The molecule has 1 atom stereocenters. The second-order valence-corrected chi connectivity index (χ2v) is 8.87. The Balaban J connectivity index is 1.09. The van der Waals surface area contributed by atoms with Gasteiger partial charge in [0.2, 0.25) is 18.6 Å². The molecule has 3 aromatic carbocycles. The molecule has 2 aliphatic rings. The van der Waals surface area contributed by atoms with E-state index in [2.05, 4.69) is 10.6 Å². The van der Waals surface area contributed by atoms with Gasteiger partial charge < -0.3 is 34.5 Å². The highest BCUT2D eigenvalue weighted by Crippen LogP contribution is 2.32. The Hall–Kier alpha value is -4.73. The molecule has 0 spiro atoms. The fraction of sp³-hybridized carbons (Fsp3) is 0.250. The van der Waals surface area contributed by atoms with Crippen molar-refractivity contribution < 1.29 is 33.3 Å². The summed E-state index contributed by atoms with van der Waals surface area (Å²) in [5.41, 5.74) is 2.19. The molecule has 5 rings (SSSR count). The highest BCUT2D eigenvalue weighted by Gasteiger charge is 2.35. The average molecular weight is 518 g/mol. The summed E-state index contributed by atoms with van der Waals surface area (Å²) in [4.78, 5) is 39.1. The van der Waals surface area contributed by atoms with E-state index in [4.69, 9.17) is 18.9 Å². The van der Waals surface area contributed by atoms with E-state index in [1.807, 2.05) is 18.2 Å². The van der Waals surface area contributed by atoms with E-state index < -0.39 is 5.92 Å². The Labute approximate surface area is 219 Å². The SMILES string of the molecule is COc1ccc(NC(=O)COc2ccc(N3C[C@H](C(=O)NCc4ccc5c(c4)OCO5)CC3=O)cc2)cc1. The summed E-state index contributed by atoms with van der Waals surface area (Å²) in [5.74, 6) is 1.47. The van der Waals surface area contributed by atoms with Crippen LogP contribution in [-0.2, 0) is 20.9 Å². The Morgan fingerprint density at radius 1 is 0.974 bits per heavy atom. The first-order chi connectivity index (χ1) is 18.5.